The van der Waals surface area contributed by atoms with E-state index in [0.29, 0.717) is 6.42 Å². The smallest absolute Gasteiger partial charge is 0.151 e. The van der Waals surface area contributed by atoms with E-state index >= 15 is 0 Å². The molecule has 0 spiro atoms. The fourth-order valence-corrected chi connectivity index (χ4v) is 2.77. The Morgan fingerprint density at radius 1 is 0.476 bits per heavy atom. The molecule has 0 rings (SSSR count). The SMILES string of the molecule is NCCCCCCCCCCCCCCCCCC(O)O. The largest absolute Gasteiger partial charge is 0.368 e. The van der Waals surface area contributed by atoms with Crippen LogP contribution in [0.15, 0.2) is 0 Å². The maximum absolute atomic E-state index is 8.72. The van der Waals surface area contributed by atoms with Crippen molar-refractivity contribution in [3.63, 3.8) is 0 Å². The second kappa shape index (κ2) is 17.9. The number of nitrogens with two attached hydrogens (primary N) is 1. The molecule has 0 aromatic rings. The van der Waals surface area contributed by atoms with Crippen LogP contribution in [-0.2, 0) is 0 Å². The topological polar surface area (TPSA) is 66.5 Å². The number of aliphatic hydroxyl groups excluding tert-OH is 1. The highest BCUT2D eigenvalue weighted by molar-refractivity contribution is 4.50. The van der Waals surface area contributed by atoms with Crippen molar-refractivity contribution in [1.82, 2.24) is 0 Å². The summed E-state index contributed by atoms with van der Waals surface area (Å²) in [7, 11) is 0. The lowest BCUT2D eigenvalue weighted by Gasteiger charge is -2.04. The van der Waals surface area contributed by atoms with Gasteiger partial charge in [0.1, 0.15) is 0 Å². The minimum Gasteiger partial charge on any atom is -0.368 e. The third-order valence-corrected chi connectivity index (χ3v) is 4.17. The van der Waals surface area contributed by atoms with E-state index in [-0.39, 0.29) is 0 Å². The third-order valence-electron chi connectivity index (χ3n) is 4.17. The summed E-state index contributed by atoms with van der Waals surface area (Å²) in [6.07, 6.45) is 19.1. The van der Waals surface area contributed by atoms with Gasteiger partial charge in [-0.05, 0) is 25.8 Å². The van der Waals surface area contributed by atoms with Gasteiger partial charge in [0.05, 0.1) is 0 Å². The Labute approximate surface area is 132 Å². The summed E-state index contributed by atoms with van der Waals surface area (Å²) in [6, 6.07) is 0. The molecule has 0 amide bonds. The Bertz CT molecular complexity index is 186. The average Bonchev–Trinajstić information content (AvgIpc) is 2.46. The monoisotopic (exact) mass is 301 g/mol. The summed E-state index contributed by atoms with van der Waals surface area (Å²) in [5.74, 6) is 0. The molecule has 3 heteroatoms. The van der Waals surface area contributed by atoms with Crippen molar-refractivity contribution in [3.8, 4) is 0 Å². The molecule has 128 valence electrons. The van der Waals surface area contributed by atoms with Crippen molar-refractivity contribution < 1.29 is 10.2 Å². The summed E-state index contributed by atoms with van der Waals surface area (Å²) in [5, 5.41) is 17.4. The molecule has 0 fully saturated rings. The average molecular weight is 302 g/mol. The summed E-state index contributed by atoms with van der Waals surface area (Å²) >= 11 is 0. The fraction of sp³-hybridized carbons (Fsp3) is 1.00. The van der Waals surface area contributed by atoms with E-state index in [2.05, 4.69) is 0 Å². The van der Waals surface area contributed by atoms with Crippen LogP contribution in [0.4, 0.5) is 0 Å². The Balaban J connectivity index is 2.93. The zero-order valence-electron chi connectivity index (χ0n) is 14.1. The number of aliphatic hydroxyl groups is 2. The summed E-state index contributed by atoms with van der Waals surface area (Å²) < 4.78 is 0. The van der Waals surface area contributed by atoms with Crippen LogP contribution in [0.25, 0.3) is 0 Å². The highest BCUT2D eigenvalue weighted by Gasteiger charge is 1.97. The normalized spacial score (nSPS) is 11.4. The van der Waals surface area contributed by atoms with Gasteiger partial charge in [-0.2, -0.15) is 0 Å². The first-order chi connectivity index (χ1) is 10.3. The molecule has 0 aliphatic rings. The van der Waals surface area contributed by atoms with Crippen LogP contribution in [0.2, 0.25) is 0 Å². The van der Waals surface area contributed by atoms with Crippen molar-refractivity contribution in [2.75, 3.05) is 6.54 Å². The molecule has 0 aromatic heterocycles. The maximum atomic E-state index is 8.72. The Kier molecular flexibility index (Phi) is 17.8. The van der Waals surface area contributed by atoms with Gasteiger partial charge in [0.2, 0.25) is 0 Å². The zero-order valence-corrected chi connectivity index (χ0v) is 14.1. The van der Waals surface area contributed by atoms with Crippen LogP contribution in [0.1, 0.15) is 103 Å². The summed E-state index contributed by atoms with van der Waals surface area (Å²) in [6.45, 7) is 0.851. The predicted octanol–water partition coefficient (Wildman–Crippen LogP) is 4.50. The van der Waals surface area contributed by atoms with Gasteiger partial charge in [0.15, 0.2) is 6.29 Å². The van der Waals surface area contributed by atoms with E-state index in [9.17, 15) is 0 Å². The summed E-state index contributed by atoms with van der Waals surface area (Å²) in [4.78, 5) is 0. The predicted molar refractivity (Wildman–Crippen MR) is 91.2 cm³/mol. The van der Waals surface area contributed by atoms with Crippen molar-refractivity contribution in [3.05, 3.63) is 0 Å². The van der Waals surface area contributed by atoms with Gasteiger partial charge in [-0.3, -0.25) is 0 Å². The summed E-state index contributed by atoms with van der Waals surface area (Å²) in [5.41, 5.74) is 5.47. The first kappa shape index (κ1) is 20.9. The van der Waals surface area contributed by atoms with E-state index < -0.39 is 6.29 Å². The standard InChI is InChI=1S/C18H39NO2/c19-17-15-13-11-9-7-5-3-1-2-4-6-8-10-12-14-16-18(20)21/h18,20-21H,1-17,19H2. The molecule has 0 saturated carbocycles. The van der Waals surface area contributed by atoms with Crippen molar-refractivity contribution in [2.45, 2.75) is 109 Å². The molecular formula is C18H39NO2. The van der Waals surface area contributed by atoms with Crippen LogP contribution in [-0.4, -0.2) is 23.0 Å². The molecule has 0 saturated heterocycles. The first-order valence-electron chi connectivity index (χ1n) is 9.33. The highest BCUT2D eigenvalue weighted by atomic mass is 16.5. The van der Waals surface area contributed by atoms with Gasteiger partial charge in [0, 0.05) is 0 Å². The van der Waals surface area contributed by atoms with Crippen LogP contribution < -0.4 is 5.73 Å². The molecule has 0 aromatic carbocycles. The molecular weight excluding hydrogens is 262 g/mol. The minimum atomic E-state index is -1.11. The molecule has 0 heterocycles. The quantitative estimate of drug-likeness (QED) is 0.274. The zero-order chi connectivity index (χ0) is 15.6. The number of rotatable bonds is 17. The van der Waals surface area contributed by atoms with Crippen LogP contribution in [0, 0.1) is 0 Å². The van der Waals surface area contributed by atoms with Crippen molar-refractivity contribution in [1.29, 1.82) is 0 Å². The number of hydrogen-bond donors (Lipinski definition) is 3. The third kappa shape index (κ3) is 19.9. The van der Waals surface area contributed by atoms with Gasteiger partial charge >= 0.3 is 0 Å². The molecule has 0 unspecified atom stereocenters. The molecule has 4 N–H and O–H groups in total. The Morgan fingerprint density at radius 3 is 1.05 bits per heavy atom. The molecule has 3 nitrogen and oxygen atoms in total. The van der Waals surface area contributed by atoms with Crippen molar-refractivity contribution in [2.24, 2.45) is 5.73 Å². The van der Waals surface area contributed by atoms with E-state index in [1.807, 2.05) is 0 Å². The van der Waals surface area contributed by atoms with E-state index in [1.54, 1.807) is 0 Å². The van der Waals surface area contributed by atoms with E-state index in [4.69, 9.17) is 15.9 Å². The van der Waals surface area contributed by atoms with Crippen LogP contribution in [0.3, 0.4) is 0 Å². The maximum Gasteiger partial charge on any atom is 0.151 e. The fourth-order valence-electron chi connectivity index (χ4n) is 2.77. The molecule has 0 atom stereocenters. The number of hydrogen-bond acceptors (Lipinski definition) is 3. The lowest BCUT2D eigenvalue weighted by Crippen LogP contribution is -2.02. The second-order valence-electron chi connectivity index (χ2n) is 6.36. The van der Waals surface area contributed by atoms with Crippen LogP contribution in [0.5, 0.6) is 0 Å². The van der Waals surface area contributed by atoms with Crippen LogP contribution >= 0.6 is 0 Å². The molecule has 0 bridgehead atoms. The van der Waals surface area contributed by atoms with Gasteiger partial charge in [0.25, 0.3) is 0 Å². The lowest BCUT2D eigenvalue weighted by molar-refractivity contribution is -0.0466. The number of unbranched alkanes of at least 4 members (excludes halogenated alkanes) is 14. The van der Waals surface area contributed by atoms with Gasteiger partial charge in [-0.15, -0.1) is 0 Å². The first-order valence-corrected chi connectivity index (χ1v) is 9.33. The minimum absolute atomic E-state index is 0.534. The molecule has 21 heavy (non-hydrogen) atoms. The highest BCUT2D eigenvalue weighted by Crippen LogP contribution is 2.13. The molecule has 0 aliphatic heterocycles. The Morgan fingerprint density at radius 2 is 0.762 bits per heavy atom. The van der Waals surface area contributed by atoms with E-state index in [1.165, 1.54) is 83.5 Å². The van der Waals surface area contributed by atoms with Crippen molar-refractivity contribution >= 4 is 0 Å². The molecule has 0 radical (unpaired) electrons. The lowest BCUT2D eigenvalue weighted by atomic mass is 10.0. The van der Waals surface area contributed by atoms with Gasteiger partial charge < -0.3 is 15.9 Å². The van der Waals surface area contributed by atoms with E-state index in [0.717, 1.165) is 19.4 Å². The van der Waals surface area contributed by atoms with Gasteiger partial charge in [-0.1, -0.05) is 83.5 Å². The Hall–Kier alpha value is -0.120. The van der Waals surface area contributed by atoms with Gasteiger partial charge in [-0.25, -0.2) is 0 Å². The second-order valence-corrected chi connectivity index (χ2v) is 6.36. The molecule has 0 aliphatic carbocycles.